The number of hydrogen-bond acceptors (Lipinski definition) is 6. The highest BCUT2D eigenvalue weighted by molar-refractivity contribution is 7.00. The number of benzene rings is 1. The van der Waals surface area contributed by atoms with Crippen LogP contribution in [0.25, 0.3) is 11.0 Å². The number of alkyl halides is 2. The average Bonchev–Trinajstić information content (AvgIpc) is 2.83. The van der Waals surface area contributed by atoms with E-state index >= 15 is 0 Å². The number of fused-ring (bicyclic) bond motifs is 1. The Labute approximate surface area is 140 Å². The molecule has 22 heavy (non-hydrogen) atoms. The molecule has 0 spiro atoms. The topological polar surface area (TPSA) is 81.2 Å². The van der Waals surface area contributed by atoms with E-state index in [-0.39, 0.29) is 0 Å². The van der Waals surface area contributed by atoms with E-state index in [1.165, 1.54) is 0 Å². The van der Waals surface area contributed by atoms with E-state index in [2.05, 4.69) is 14.1 Å². The number of hydrogen-bond donors (Lipinski definition) is 1. The number of nitrogens with one attached hydrogen (secondary N) is 1. The van der Waals surface area contributed by atoms with E-state index in [4.69, 9.17) is 27.9 Å². The first-order valence-corrected chi connectivity index (χ1v) is 7.88. The van der Waals surface area contributed by atoms with Crippen LogP contribution in [0, 0.1) is 5.41 Å². The van der Waals surface area contributed by atoms with Crippen molar-refractivity contribution >= 4 is 63.5 Å². The molecule has 3 rings (SSSR count). The molecule has 0 saturated heterocycles. The fourth-order valence-electron chi connectivity index (χ4n) is 2.01. The zero-order valence-electron chi connectivity index (χ0n) is 11.4. The maximum absolute atomic E-state index is 11.9. The molecule has 1 N–H and O–H groups in total. The monoisotopic (exact) mass is 359 g/mol. The summed E-state index contributed by atoms with van der Waals surface area (Å²) in [6, 6.07) is 5.25. The number of nitrogens with zero attached hydrogens (tertiary/aromatic N) is 2. The molecule has 1 aromatic heterocycles. The van der Waals surface area contributed by atoms with Crippen LogP contribution < -0.4 is 5.32 Å². The Morgan fingerprint density at radius 3 is 2.82 bits per heavy atom. The number of aromatic nitrogens is 2. The Kier molecular flexibility index (Phi) is 3.74. The first kappa shape index (κ1) is 15.5. The Bertz CT molecular complexity index is 764. The van der Waals surface area contributed by atoms with Crippen molar-refractivity contribution in [1.29, 1.82) is 0 Å². The molecule has 6 nitrogen and oxygen atoms in total. The molecule has 0 aliphatic heterocycles. The third-order valence-electron chi connectivity index (χ3n) is 3.60. The number of ether oxygens (including phenoxy) is 1. The SMILES string of the molecule is C[C@]1(C(=O)OCC(=O)Nc2cccc3nsnc23)CC1(Cl)Cl. The second-order valence-corrected chi connectivity index (χ2v) is 7.29. The summed E-state index contributed by atoms with van der Waals surface area (Å²) in [6.45, 7) is 1.20. The van der Waals surface area contributed by atoms with Gasteiger partial charge in [-0.1, -0.05) is 6.07 Å². The molecule has 0 unspecified atom stereocenters. The van der Waals surface area contributed by atoms with Gasteiger partial charge in [0, 0.05) is 6.42 Å². The molecule has 116 valence electrons. The summed E-state index contributed by atoms with van der Waals surface area (Å²) >= 11 is 12.8. The van der Waals surface area contributed by atoms with Crippen LogP contribution in [0.2, 0.25) is 0 Å². The van der Waals surface area contributed by atoms with Crippen LogP contribution in [0.4, 0.5) is 5.69 Å². The summed E-state index contributed by atoms with van der Waals surface area (Å²) < 4.78 is 12.1. The number of anilines is 1. The summed E-state index contributed by atoms with van der Waals surface area (Å²) in [7, 11) is 0. The van der Waals surface area contributed by atoms with E-state index in [9.17, 15) is 9.59 Å². The van der Waals surface area contributed by atoms with Crippen LogP contribution in [0.15, 0.2) is 18.2 Å². The van der Waals surface area contributed by atoms with Crippen LogP contribution in [-0.2, 0) is 14.3 Å². The molecule has 2 aromatic rings. The summed E-state index contributed by atoms with van der Waals surface area (Å²) in [5.41, 5.74) is 0.866. The molecule has 1 aromatic carbocycles. The zero-order valence-corrected chi connectivity index (χ0v) is 13.8. The minimum absolute atomic E-state index is 0.313. The minimum Gasteiger partial charge on any atom is -0.455 e. The van der Waals surface area contributed by atoms with Crippen molar-refractivity contribution in [3.8, 4) is 0 Å². The summed E-state index contributed by atoms with van der Waals surface area (Å²) in [5, 5.41) is 2.64. The maximum atomic E-state index is 11.9. The van der Waals surface area contributed by atoms with Crippen molar-refractivity contribution in [2.24, 2.45) is 5.41 Å². The Balaban J connectivity index is 1.60. The van der Waals surface area contributed by atoms with Crippen LogP contribution in [0.5, 0.6) is 0 Å². The predicted octanol–water partition coefficient (Wildman–Crippen LogP) is 2.76. The third-order valence-corrected chi connectivity index (χ3v) is 5.25. The van der Waals surface area contributed by atoms with Gasteiger partial charge in [0.15, 0.2) is 6.61 Å². The number of amides is 1. The molecule has 0 bridgehead atoms. The number of esters is 1. The van der Waals surface area contributed by atoms with Crippen LogP contribution >= 0.6 is 34.9 Å². The van der Waals surface area contributed by atoms with Gasteiger partial charge in [-0.15, -0.1) is 23.2 Å². The van der Waals surface area contributed by atoms with Gasteiger partial charge in [0.25, 0.3) is 5.91 Å². The molecule has 1 amide bonds. The van der Waals surface area contributed by atoms with Gasteiger partial charge in [-0.3, -0.25) is 9.59 Å². The van der Waals surface area contributed by atoms with E-state index in [0.717, 1.165) is 11.7 Å². The lowest BCUT2D eigenvalue weighted by molar-refractivity contribution is -0.152. The number of carbonyl (C=O) groups excluding carboxylic acids is 2. The smallest absolute Gasteiger partial charge is 0.315 e. The van der Waals surface area contributed by atoms with Gasteiger partial charge in [0.1, 0.15) is 20.8 Å². The second-order valence-electron chi connectivity index (χ2n) is 5.28. The van der Waals surface area contributed by atoms with Gasteiger partial charge < -0.3 is 10.1 Å². The normalized spacial score (nSPS) is 22.3. The molecule has 1 saturated carbocycles. The first-order chi connectivity index (χ1) is 10.3. The Hall–Kier alpha value is -1.44. The lowest BCUT2D eigenvalue weighted by Crippen LogP contribution is -2.26. The van der Waals surface area contributed by atoms with Gasteiger partial charge in [-0.25, -0.2) is 0 Å². The summed E-state index contributed by atoms with van der Waals surface area (Å²) in [4.78, 5) is 23.8. The molecule has 0 radical (unpaired) electrons. The number of halogens is 2. The van der Waals surface area contributed by atoms with Gasteiger partial charge in [-0.05, 0) is 19.1 Å². The van der Waals surface area contributed by atoms with Gasteiger partial charge in [0.05, 0.1) is 17.4 Å². The molecule has 9 heteroatoms. The highest BCUT2D eigenvalue weighted by atomic mass is 35.5. The predicted molar refractivity (Wildman–Crippen MR) is 84.2 cm³/mol. The Morgan fingerprint density at radius 1 is 1.41 bits per heavy atom. The van der Waals surface area contributed by atoms with Crippen molar-refractivity contribution in [2.45, 2.75) is 17.7 Å². The van der Waals surface area contributed by atoms with Crippen molar-refractivity contribution in [2.75, 3.05) is 11.9 Å². The van der Waals surface area contributed by atoms with Crippen molar-refractivity contribution < 1.29 is 14.3 Å². The average molecular weight is 360 g/mol. The van der Waals surface area contributed by atoms with E-state index in [1.807, 2.05) is 0 Å². The van der Waals surface area contributed by atoms with E-state index < -0.39 is 28.2 Å². The van der Waals surface area contributed by atoms with Gasteiger partial charge in [0.2, 0.25) is 0 Å². The first-order valence-electron chi connectivity index (χ1n) is 6.40. The van der Waals surface area contributed by atoms with Crippen molar-refractivity contribution in [3.63, 3.8) is 0 Å². The molecule has 1 heterocycles. The highest BCUT2D eigenvalue weighted by Crippen LogP contribution is 2.64. The van der Waals surface area contributed by atoms with Crippen molar-refractivity contribution in [3.05, 3.63) is 18.2 Å². The van der Waals surface area contributed by atoms with Crippen molar-refractivity contribution in [1.82, 2.24) is 8.75 Å². The quantitative estimate of drug-likeness (QED) is 0.670. The summed E-state index contributed by atoms with van der Waals surface area (Å²) in [5.74, 6) is -1.05. The van der Waals surface area contributed by atoms with Crippen LogP contribution in [0.1, 0.15) is 13.3 Å². The lowest BCUT2D eigenvalue weighted by atomic mass is 10.1. The molecule has 1 aliphatic rings. The zero-order chi connectivity index (χ0) is 16.0. The maximum Gasteiger partial charge on any atom is 0.315 e. The second kappa shape index (κ2) is 5.33. The van der Waals surface area contributed by atoms with Crippen LogP contribution in [0.3, 0.4) is 0 Å². The Morgan fingerprint density at radius 2 is 2.14 bits per heavy atom. The number of carbonyl (C=O) groups is 2. The van der Waals surface area contributed by atoms with Crippen LogP contribution in [-0.4, -0.2) is 31.6 Å². The minimum atomic E-state index is -1.11. The largest absolute Gasteiger partial charge is 0.455 e. The fraction of sp³-hybridized carbons (Fsp3) is 0.385. The highest BCUT2D eigenvalue weighted by Gasteiger charge is 2.69. The molecule has 1 fully saturated rings. The fourth-order valence-corrected chi connectivity index (χ4v) is 3.24. The van der Waals surface area contributed by atoms with E-state index in [0.29, 0.717) is 23.1 Å². The number of rotatable bonds is 4. The standard InChI is InChI=1S/C13H11Cl2N3O3S/c1-12(6-13(12,14)15)11(20)21-5-9(19)16-7-3-2-4-8-10(7)18-22-17-8/h2-4H,5-6H2,1H3,(H,16,19)/t12-/m1/s1. The molecule has 1 atom stereocenters. The third kappa shape index (κ3) is 2.64. The lowest BCUT2D eigenvalue weighted by Gasteiger charge is -2.11. The molecule has 1 aliphatic carbocycles. The van der Waals surface area contributed by atoms with Gasteiger partial charge >= 0.3 is 5.97 Å². The van der Waals surface area contributed by atoms with E-state index in [1.54, 1.807) is 25.1 Å². The molecular formula is C13H11Cl2N3O3S. The summed E-state index contributed by atoms with van der Waals surface area (Å²) in [6.07, 6.45) is 0.313. The van der Waals surface area contributed by atoms with Gasteiger partial charge in [-0.2, -0.15) is 8.75 Å². The molecular weight excluding hydrogens is 349 g/mol.